The Morgan fingerprint density at radius 1 is 1.12 bits per heavy atom. The highest BCUT2D eigenvalue weighted by atomic mass is 16.2. The lowest BCUT2D eigenvalue weighted by molar-refractivity contribution is -0.157. The number of hydrogen-bond acceptors (Lipinski definition) is 1. The summed E-state index contributed by atoms with van der Waals surface area (Å²) in [6, 6.07) is 0.482. The van der Waals surface area contributed by atoms with E-state index in [0.29, 0.717) is 28.7 Å². The van der Waals surface area contributed by atoms with Gasteiger partial charge in [0.05, 0.1) is 0 Å². The van der Waals surface area contributed by atoms with Gasteiger partial charge < -0.3 is 4.90 Å². The topological polar surface area (TPSA) is 20.3 Å². The van der Waals surface area contributed by atoms with Crippen molar-refractivity contribution >= 4 is 5.91 Å². The fraction of sp³-hybridized carbons (Fsp3) is 0.870. The van der Waals surface area contributed by atoms with Crippen LogP contribution in [0.2, 0.25) is 0 Å². The zero-order valence-electron chi connectivity index (χ0n) is 17.0. The Kier molecular flexibility index (Phi) is 3.95. The van der Waals surface area contributed by atoms with Gasteiger partial charge in [-0.05, 0) is 85.9 Å². The molecule has 0 aromatic heterocycles. The standard InChI is InChI=1S/C23H37NO/c1-14(2)21-15(3)13-18-16-7-8-19-22(4,12-10-20(25)24(19)6)17(16)9-11-23(18,21)5/h15-19,21H,1,7-13H2,2-6H3/t15-,16?,17?,18?,19+,21?,22?,23?/m0/s1. The summed E-state index contributed by atoms with van der Waals surface area (Å²) >= 11 is 0. The van der Waals surface area contributed by atoms with Crippen LogP contribution in [0.25, 0.3) is 0 Å². The fourth-order valence-electron chi connectivity index (χ4n) is 8.56. The summed E-state index contributed by atoms with van der Waals surface area (Å²) < 4.78 is 0. The molecule has 0 bridgehead atoms. The number of carbonyl (C=O) groups is 1. The Morgan fingerprint density at radius 3 is 2.52 bits per heavy atom. The summed E-state index contributed by atoms with van der Waals surface area (Å²) in [5, 5.41) is 0. The van der Waals surface area contributed by atoms with Crippen molar-refractivity contribution in [2.24, 2.45) is 40.4 Å². The van der Waals surface area contributed by atoms with Gasteiger partial charge >= 0.3 is 0 Å². The van der Waals surface area contributed by atoms with Gasteiger partial charge in [0.2, 0.25) is 5.91 Å². The smallest absolute Gasteiger partial charge is 0.222 e. The number of piperidine rings is 1. The number of nitrogens with zero attached hydrogens (tertiary/aromatic N) is 1. The number of allylic oxidation sites excluding steroid dienone is 1. The molecule has 0 aromatic rings. The molecule has 1 heterocycles. The zero-order chi connectivity index (χ0) is 18.1. The highest BCUT2D eigenvalue weighted by Gasteiger charge is 2.62. The molecule has 3 aliphatic carbocycles. The first-order chi connectivity index (χ1) is 11.7. The summed E-state index contributed by atoms with van der Waals surface area (Å²) in [5.41, 5.74) is 2.22. The van der Waals surface area contributed by atoms with Crippen LogP contribution >= 0.6 is 0 Å². The second-order valence-corrected chi connectivity index (χ2v) is 10.6. The highest BCUT2D eigenvalue weighted by Crippen LogP contribution is 2.68. The molecule has 4 rings (SSSR count). The van der Waals surface area contributed by atoms with Crippen LogP contribution in [0, 0.1) is 40.4 Å². The lowest BCUT2D eigenvalue weighted by Gasteiger charge is -2.62. The van der Waals surface area contributed by atoms with Gasteiger partial charge in [0.25, 0.3) is 0 Å². The zero-order valence-corrected chi connectivity index (χ0v) is 17.0. The number of carbonyl (C=O) groups excluding carboxylic acids is 1. The van der Waals surface area contributed by atoms with E-state index in [4.69, 9.17) is 0 Å². The number of likely N-dealkylation sites (tertiary alicyclic amines) is 1. The van der Waals surface area contributed by atoms with Crippen LogP contribution in [0.3, 0.4) is 0 Å². The summed E-state index contributed by atoms with van der Waals surface area (Å²) in [5.74, 6) is 4.42. The van der Waals surface area contributed by atoms with E-state index >= 15 is 0 Å². The average molecular weight is 344 g/mol. The second kappa shape index (κ2) is 5.60. The quantitative estimate of drug-likeness (QED) is 0.593. The van der Waals surface area contributed by atoms with Gasteiger partial charge in [-0.15, -0.1) is 0 Å². The maximum Gasteiger partial charge on any atom is 0.222 e. The normalized spacial score (nSPS) is 52.4. The summed E-state index contributed by atoms with van der Waals surface area (Å²) in [6.45, 7) is 14.2. The molecule has 4 fully saturated rings. The molecule has 3 saturated carbocycles. The molecule has 6 unspecified atom stereocenters. The average Bonchev–Trinajstić information content (AvgIpc) is 2.81. The third-order valence-corrected chi connectivity index (χ3v) is 9.43. The van der Waals surface area contributed by atoms with Gasteiger partial charge in [0, 0.05) is 19.5 Å². The van der Waals surface area contributed by atoms with E-state index in [0.717, 1.165) is 36.5 Å². The van der Waals surface area contributed by atoms with Crippen molar-refractivity contribution < 1.29 is 4.79 Å². The van der Waals surface area contributed by atoms with Crippen LogP contribution in [0.5, 0.6) is 0 Å². The number of amides is 1. The summed E-state index contributed by atoms with van der Waals surface area (Å²) in [6.07, 6.45) is 8.55. The Balaban J connectivity index is 1.66. The van der Waals surface area contributed by atoms with Crippen molar-refractivity contribution in [3.63, 3.8) is 0 Å². The fourth-order valence-corrected chi connectivity index (χ4v) is 8.56. The molecule has 0 radical (unpaired) electrons. The van der Waals surface area contributed by atoms with E-state index in [1.807, 2.05) is 0 Å². The van der Waals surface area contributed by atoms with Crippen LogP contribution in [0.4, 0.5) is 0 Å². The van der Waals surface area contributed by atoms with E-state index in [2.05, 4.69) is 46.2 Å². The number of fused-ring (bicyclic) bond motifs is 5. The van der Waals surface area contributed by atoms with Crippen molar-refractivity contribution in [3.8, 4) is 0 Å². The third-order valence-electron chi connectivity index (χ3n) is 9.43. The highest BCUT2D eigenvalue weighted by molar-refractivity contribution is 5.77. The Morgan fingerprint density at radius 2 is 1.84 bits per heavy atom. The van der Waals surface area contributed by atoms with E-state index in [9.17, 15) is 4.79 Å². The van der Waals surface area contributed by atoms with Gasteiger partial charge in [0.15, 0.2) is 0 Å². The van der Waals surface area contributed by atoms with Crippen LogP contribution in [0.1, 0.15) is 72.6 Å². The Hall–Kier alpha value is -0.790. The van der Waals surface area contributed by atoms with Crippen molar-refractivity contribution in [1.82, 2.24) is 4.90 Å². The predicted molar refractivity (Wildman–Crippen MR) is 103 cm³/mol. The van der Waals surface area contributed by atoms with Gasteiger partial charge in [-0.2, -0.15) is 0 Å². The first-order valence-electron chi connectivity index (χ1n) is 10.6. The molecule has 1 amide bonds. The molecule has 140 valence electrons. The maximum absolute atomic E-state index is 12.3. The van der Waals surface area contributed by atoms with E-state index in [1.54, 1.807) is 0 Å². The van der Waals surface area contributed by atoms with E-state index in [-0.39, 0.29) is 0 Å². The minimum absolute atomic E-state index is 0.345. The molecule has 25 heavy (non-hydrogen) atoms. The van der Waals surface area contributed by atoms with Gasteiger partial charge in [-0.25, -0.2) is 0 Å². The molecule has 0 N–H and O–H groups in total. The largest absolute Gasteiger partial charge is 0.342 e. The van der Waals surface area contributed by atoms with Gasteiger partial charge in [-0.3, -0.25) is 4.79 Å². The van der Waals surface area contributed by atoms with Crippen molar-refractivity contribution in [2.45, 2.75) is 78.7 Å². The Labute approximate surface area is 154 Å². The molecule has 1 saturated heterocycles. The number of hydrogen-bond donors (Lipinski definition) is 0. The first-order valence-corrected chi connectivity index (χ1v) is 10.6. The maximum atomic E-state index is 12.3. The SMILES string of the molecule is C=C(C)C1[C@@H](C)CC2C3CC[C@H]4N(C)C(=O)CCC4(C)C3CCC21C. The summed E-state index contributed by atoms with van der Waals surface area (Å²) in [4.78, 5) is 14.4. The minimum atomic E-state index is 0.345. The van der Waals surface area contributed by atoms with Crippen LogP contribution in [-0.4, -0.2) is 23.9 Å². The van der Waals surface area contributed by atoms with Crippen LogP contribution in [-0.2, 0) is 4.79 Å². The molecule has 2 nitrogen and oxygen atoms in total. The summed E-state index contributed by atoms with van der Waals surface area (Å²) in [7, 11) is 2.06. The second-order valence-electron chi connectivity index (χ2n) is 10.6. The molecule has 4 aliphatic rings. The lowest BCUT2D eigenvalue weighted by atomic mass is 9.46. The molecule has 2 heteroatoms. The Bertz CT molecular complexity index is 597. The molecule has 8 atom stereocenters. The molecule has 0 spiro atoms. The first kappa shape index (κ1) is 17.6. The molecular weight excluding hydrogens is 306 g/mol. The third kappa shape index (κ3) is 2.24. The molecule has 1 aliphatic heterocycles. The van der Waals surface area contributed by atoms with E-state index in [1.165, 1.54) is 37.7 Å². The monoisotopic (exact) mass is 343 g/mol. The van der Waals surface area contributed by atoms with Gasteiger partial charge in [0.1, 0.15) is 0 Å². The predicted octanol–water partition coefficient (Wildman–Crippen LogP) is 5.29. The van der Waals surface area contributed by atoms with Crippen LogP contribution < -0.4 is 0 Å². The molecular formula is C23H37NO. The van der Waals surface area contributed by atoms with Crippen molar-refractivity contribution in [3.05, 3.63) is 12.2 Å². The van der Waals surface area contributed by atoms with Crippen LogP contribution in [0.15, 0.2) is 12.2 Å². The van der Waals surface area contributed by atoms with Crippen molar-refractivity contribution in [2.75, 3.05) is 7.05 Å². The van der Waals surface area contributed by atoms with Gasteiger partial charge in [-0.1, -0.05) is 32.9 Å². The molecule has 0 aromatic carbocycles. The lowest BCUT2D eigenvalue weighted by Crippen LogP contribution is -2.61. The van der Waals surface area contributed by atoms with E-state index < -0.39 is 0 Å². The van der Waals surface area contributed by atoms with Crippen molar-refractivity contribution in [1.29, 1.82) is 0 Å². The number of rotatable bonds is 1. The minimum Gasteiger partial charge on any atom is -0.342 e.